The van der Waals surface area contributed by atoms with E-state index in [-0.39, 0.29) is 11.6 Å². The second kappa shape index (κ2) is 6.33. The van der Waals surface area contributed by atoms with Gasteiger partial charge in [-0.25, -0.2) is 0 Å². The highest BCUT2D eigenvalue weighted by molar-refractivity contribution is 7.80. The zero-order valence-electron chi connectivity index (χ0n) is 14.5. The quantitative estimate of drug-likeness (QED) is 0.223. The largest absolute Gasteiger partial charge is 0.297 e. The summed E-state index contributed by atoms with van der Waals surface area (Å²) in [5.41, 5.74) is 2.57. The van der Waals surface area contributed by atoms with Crippen LogP contribution >= 0.6 is 32.9 Å². The molecule has 2 heterocycles. The van der Waals surface area contributed by atoms with Gasteiger partial charge in [-0.15, -0.1) is 0 Å². The Balaban J connectivity index is 1.88. The molecule has 27 heavy (non-hydrogen) atoms. The number of nitro benzene ring substituents is 1. The molecule has 136 valence electrons. The fourth-order valence-corrected chi connectivity index (χ4v) is 6.68. The van der Waals surface area contributed by atoms with Crippen LogP contribution < -0.4 is 4.90 Å². The van der Waals surface area contributed by atoms with E-state index in [1.165, 1.54) is 24.3 Å². The van der Waals surface area contributed by atoms with Crippen LogP contribution in [0.1, 0.15) is 29.1 Å². The molecule has 8 heteroatoms. The van der Waals surface area contributed by atoms with E-state index in [9.17, 15) is 14.9 Å². The van der Waals surface area contributed by atoms with Gasteiger partial charge in [-0.3, -0.25) is 19.8 Å². The van der Waals surface area contributed by atoms with Crippen molar-refractivity contribution in [2.75, 3.05) is 4.90 Å². The van der Waals surface area contributed by atoms with Crippen molar-refractivity contribution < 1.29 is 9.72 Å². The monoisotopic (exact) mass is 414 g/mol. The van der Waals surface area contributed by atoms with Crippen LogP contribution in [0.15, 0.2) is 48.5 Å². The minimum atomic E-state index is -0.583. The molecule has 5 nitrogen and oxygen atoms in total. The summed E-state index contributed by atoms with van der Waals surface area (Å²) in [5.74, 6) is -0.197. The summed E-state index contributed by atoms with van der Waals surface area (Å²) in [4.78, 5) is 26.7. The van der Waals surface area contributed by atoms with Crippen LogP contribution in [0.2, 0.25) is 0 Å². The molecule has 0 fully saturated rings. The minimum Gasteiger partial charge on any atom is -0.297 e. The smallest absolute Gasteiger partial charge is 0.269 e. The lowest BCUT2D eigenvalue weighted by Crippen LogP contribution is -2.47. The minimum absolute atomic E-state index is 0.0389. The Morgan fingerprint density at radius 3 is 2.44 bits per heavy atom. The third-order valence-corrected chi connectivity index (χ3v) is 8.02. The van der Waals surface area contributed by atoms with Gasteiger partial charge in [-0.2, -0.15) is 0 Å². The van der Waals surface area contributed by atoms with Crippen molar-refractivity contribution in [1.29, 1.82) is 0 Å². The van der Waals surface area contributed by atoms with Gasteiger partial charge in [0.1, 0.15) is 3.82 Å². The molecule has 1 aliphatic rings. The first-order valence-electron chi connectivity index (χ1n) is 8.14. The van der Waals surface area contributed by atoms with Gasteiger partial charge in [0.05, 0.1) is 21.0 Å². The van der Waals surface area contributed by atoms with Gasteiger partial charge in [0, 0.05) is 28.8 Å². The predicted octanol–water partition coefficient (Wildman–Crippen LogP) is 6.01. The van der Waals surface area contributed by atoms with Crippen molar-refractivity contribution in [2.24, 2.45) is 0 Å². The highest BCUT2D eigenvalue weighted by Gasteiger charge is 2.43. The van der Waals surface area contributed by atoms with Gasteiger partial charge < -0.3 is 0 Å². The van der Waals surface area contributed by atoms with E-state index < -0.39 is 10.5 Å². The van der Waals surface area contributed by atoms with Crippen LogP contribution in [-0.4, -0.2) is 10.8 Å². The van der Waals surface area contributed by atoms with Crippen LogP contribution in [0, 0.1) is 13.9 Å². The van der Waals surface area contributed by atoms with Gasteiger partial charge >= 0.3 is 0 Å². The van der Waals surface area contributed by atoms with Crippen molar-refractivity contribution in [3.63, 3.8) is 0 Å². The number of nitro groups is 1. The lowest BCUT2D eigenvalue weighted by atomic mass is 9.87. The molecule has 0 radical (unpaired) electrons. The zero-order chi connectivity index (χ0) is 19.3. The second-order valence-corrected chi connectivity index (χ2v) is 9.50. The van der Waals surface area contributed by atoms with E-state index in [2.05, 4.69) is 0 Å². The molecule has 0 atom stereocenters. The van der Waals surface area contributed by atoms with E-state index in [1.807, 2.05) is 38.1 Å². The maximum Gasteiger partial charge on any atom is 0.269 e. The van der Waals surface area contributed by atoms with E-state index >= 15 is 0 Å². The first-order valence-corrected chi connectivity index (χ1v) is 10.7. The number of non-ortho nitro benzene ring substituents is 1. The summed E-state index contributed by atoms with van der Waals surface area (Å²) in [6, 6.07) is 13.5. The maximum absolute atomic E-state index is 13.4. The molecule has 1 aromatic heterocycles. The van der Waals surface area contributed by atoms with Crippen molar-refractivity contribution in [2.45, 2.75) is 19.4 Å². The van der Waals surface area contributed by atoms with Gasteiger partial charge in [-0.05, 0) is 32.0 Å². The van der Waals surface area contributed by atoms with Crippen molar-refractivity contribution in [3.05, 3.63) is 72.9 Å². The molecule has 1 amide bonds. The first-order chi connectivity index (χ1) is 12.8. The number of amides is 1. The number of carbonyl (C=O) groups is 1. The number of rotatable bonds is 2. The summed E-state index contributed by atoms with van der Waals surface area (Å²) in [6.07, 6.45) is 0. The summed E-state index contributed by atoms with van der Waals surface area (Å²) in [6.45, 7) is 4.01. The molecule has 4 rings (SSSR count). The molecule has 3 aromatic rings. The Labute approximate surface area is 168 Å². The molecule has 0 aliphatic carbocycles. The molecule has 0 spiro atoms. The van der Waals surface area contributed by atoms with Crippen LogP contribution in [0.5, 0.6) is 0 Å². The summed E-state index contributed by atoms with van der Waals surface area (Å²) < 4.78 is 0.831. The Hall–Kier alpha value is -2.42. The number of hydrogen-bond acceptors (Lipinski definition) is 6. The fourth-order valence-electron chi connectivity index (χ4n) is 3.40. The highest BCUT2D eigenvalue weighted by Crippen LogP contribution is 2.52. The summed E-state index contributed by atoms with van der Waals surface area (Å²) in [5, 5.41) is 10.9. The Kier molecular flexibility index (Phi) is 4.21. The Morgan fingerprint density at radius 2 is 1.78 bits per heavy atom. The molecule has 0 bridgehead atoms. The molecular weight excluding hydrogens is 400 g/mol. The fraction of sp³-hybridized carbons (Fsp3) is 0.158. The molecular formula is C19H14N2O3S3. The maximum atomic E-state index is 13.4. The molecule has 2 aromatic carbocycles. The predicted molar refractivity (Wildman–Crippen MR) is 111 cm³/mol. The van der Waals surface area contributed by atoms with E-state index in [4.69, 9.17) is 12.2 Å². The number of hydrogen-bond donors (Lipinski definition) is 0. The average Bonchev–Trinajstić information content (AvgIpc) is 3.04. The number of carbonyl (C=O) groups excluding carboxylic acids is 1. The summed E-state index contributed by atoms with van der Waals surface area (Å²) in [7, 11) is 3.14. The number of anilines is 1. The van der Waals surface area contributed by atoms with Crippen LogP contribution in [0.25, 0.3) is 11.1 Å². The van der Waals surface area contributed by atoms with Gasteiger partial charge in [0.2, 0.25) is 0 Å². The molecule has 1 aliphatic heterocycles. The molecule has 0 N–H and O–H groups in total. The van der Waals surface area contributed by atoms with Crippen molar-refractivity contribution in [1.82, 2.24) is 0 Å². The summed E-state index contributed by atoms with van der Waals surface area (Å²) >= 11 is 5.55. The average molecular weight is 415 g/mol. The van der Waals surface area contributed by atoms with Gasteiger partial charge in [0.25, 0.3) is 11.6 Å². The number of nitrogens with zero attached hydrogens (tertiary/aromatic N) is 2. The van der Waals surface area contributed by atoms with E-state index in [0.29, 0.717) is 5.56 Å². The van der Waals surface area contributed by atoms with Crippen LogP contribution in [0.4, 0.5) is 11.4 Å². The van der Waals surface area contributed by atoms with Gasteiger partial charge in [0.15, 0.2) is 0 Å². The molecule has 0 saturated carbocycles. The highest BCUT2D eigenvalue weighted by atomic mass is 32.9. The topological polar surface area (TPSA) is 63.5 Å². The first kappa shape index (κ1) is 18.0. The van der Waals surface area contributed by atoms with Gasteiger partial charge in [-0.1, -0.05) is 51.1 Å². The Morgan fingerprint density at radius 1 is 1.11 bits per heavy atom. The van der Waals surface area contributed by atoms with Crippen molar-refractivity contribution >= 4 is 50.2 Å². The van der Waals surface area contributed by atoms with Crippen LogP contribution in [0.3, 0.4) is 0 Å². The normalized spacial score (nSPS) is 14.4. The Bertz CT molecular complexity index is 1130. The molecule has 0 unspecified atom stereocenters. The third kappa shape index (κ3) is 2.72. The lowest BCUT2D eigenvalue weighted by Gasteiger charge is -2.43. The standard InChI is InChI=1S/C19H14N2O3S3/c1-19(2)16-15(18(25)27-26-16)13-5-3-4-6-14(13)20(19)17(22)11-7-9-12(10-8-11)21(23)24/h3-10H,1-2H3. The third-order valence-electron chi connectivity index (χ3n) is 4.69. The van der Waals surface area contributed by atoms with E-state index in [0.717, 1.165) is 25.5 Å². The number of benzene rings is 2. The van der Waals surface area contributed by atoms with Crippen molar-refractivity contribution in [3.8, 4) is 11.1 Å². The lowest BCUT2D eigenvalue weighted by molar-refractivity contribution is -0.384. The molecule has 0 saturated heterocycles. The van der Waals surface area contributed by atoms with Crippen LogP contribution in [-0.2, 0) is 5.54 Å². The van der Waals surface area contributed by atoms with E-state index in [1.54, 1.807) is 25.6 Å². The number of para-hydroxylation sites is 1. The SMILES string of the molecule is CC1(C)c2ssc(=S)c2-c2ccccc2N1C(=O)c1ccc([N+](=O)[O-])cc1. The number of fused-ring (bicyclic) bond motifs is 3. The second-order valence-electron chi connectivity index (χ2n) is 6.68. The zero-order valence-corrected chi connectivity index (χ0v) is 16.9.